The van der Waals surface area contributed by atoms with Gasteiger partial charge >= 0.3 is 5.97 Å². The van der Waals surface area contributed by atoms with Crippen LogP contribution in [-0.4, -0.2) is 29.3 Å². The van der Waals surface area contributed by atoms with Gasteiger partial charge < -0.3 is 5.11 Å². The summed E-state index contributed by atoms with van der Waals surface area (Å²) in [6.45, 7) is -0.235. The van der Waals surface area contributed by atoms with Crippen LogP contribution in [0.15, 0.2) is 59.6 Å². The number of nitrogens with one attached hydrogen (secondary N) is 1. The van der Waals surface area contributed by atoms with E-state index in [9.17, 15) is 13.2 Å². The molecule has 156 valence electrons. The first kappa shape index (κ1) is 20.6. The van der Waals surface area contributed by atoms with E-state index in [-0.39, 0.29) is 11.4 Å². The molecule has 2 N–H and O–H groups in total. The van der Waals surface area contributed by atoms with Crippen molar-refractivity contribution in [3.05, 3.63) is 71.0 Å². The predicted molar refractivity (Wildman–Crippen MR) is 113 cm³/mol. The minimum Gasteiger partial charge on any atom is -0.480 e. The first-order chi connectivity index (χ1) is 14.3. The maximum atomic E-state index is 12.9. The van der Waals surface area contributed by atoms with Crippen LogP contribution >= 0.6 is 11.6 Å². The fraction of sp³-hybridized carbons (Fsp3) is 0.238. The minimum absolute atomic E-state index is 0.172. The number of aromatic nitrogens is 2. The van der Waals surface area contributed by atoms with Gasteiger partial charge in [-0.1, -0.05) is 35.9 Å². The third kappa shape index (κ3) is 4.26. The average Bonchev–Trinajstić information content (AvgIpc) is 3.12. The highest BCUT2D eigenvalue weighted by molar-refractivity contribution is 7.89. The maximum Gasteiger partial charge on any atom is 0.325 e. The first-order valence-electron chi connectivity index (χ1n) is 9.48. The fourth-order valence-electron chi connectivity index (χ4n) is 3.73. The number of rotatable bonds is 6. The van der Waals surface area contributed by atoms with E-state index >= 15 is 0 Å². The van der Waals surface area contributed by atoms with Crippen molar-refractivity contribution in [3.63, 3.8) is 0 Å². The zero-order chi connectivity index (χ0) is 21.3. The highest BCUT2D eigenvalue weighted by Gasteiger charge is 2.29. The third-order valence-corrected chi connectivity index (χ3v) is 6.93. The Morgan fingerprint density at radius 2 is 1.77 bits per heavy atom. The summed E-state index contributed by atoms with van der Waals surface area (Å²) in [5.74, 6) is -0.982. The minimum atomic E-state index is -3.75. The molecule has 7 nitrogen and oxygen atoms in total. The number of nitrogens with zero attached hydrogens (tertiary/aromatic N) is 2. The number of carboxylic acid groups (broad SMARTS) is 1. The molecule has 1 atom stereocenters. The monoisotopic (exact) mass is 445 g/mol. The number of benzene rings is 2. The molecule has 3 aromatic rings. The molecule has 0 fully saturated rings. The first-order valence-corrected chi connectivity index (χ1v) is 11.3. The fourth-order valence-corrected chi connectivity index (χ4v) is 5.11. The Labute approximate surface area is 179 Å². The zero-order valence-electron chi connectivity index (χ0n) is 16.0. The Morgan fingerprint density at radius 1 is 1.13 bits per heavy atom. The van der Waals surface area contributed by atoms with E-state index in [1.54, 1.807) is 42.6 Å². The van der Waals surface area contributed by atoms with Crippen LogP contribution in [0.25, 0.3) is 11.1 Å². The topological polar surface area (TPSA) is 101 Å². The summed E-state index contributed by atoms with van der Waals surface area (Å²) in [5, 5.41) is 13.8. The number of aliphatic carboxylic acids is 1. The standard InChI is InChI=1S/C21H20ClN3O4S/c22-16-8-4-14(5-9-16)15-6-10-17(11-7-15)30(28,29)24-19-2-1-3-20-18(19)12-23-25(20)13-21(26)27/h4-12,19,24H,1-3,13H2,(H,26,27). The second-order valence-electron chi connectivity index (χ2n) is 7.20. The van der Waals surface area contributed by atoms with Crippen LogP contribution < -0.4 is 4.72 Å². The van der Waals surface area contributed by atoms with Crippen LogP contribution in [0, 0.1) is 0 Å². The summed E-state index contributed by atoms with van der Waals surface area (Å²) in [6, 6.07) is 13.6. The van der Waals surface area contributed by atoms with Gasteiger partial charge in [0.2, 0.25) is 10.0 Å². The lowest BCUT2D eigenvalue weighted by atomic mass is 9.94. The Morgan fingerprint density at radius 3 is 2.40 bits per heavy atom. The van der Waals surface area contributed by atoms with Crippen LogP contribution in [0.4, 0.5) is 0 Å². The Bertz CT molecular complexity index is 1170. The molecule has 2 aromatic carbocycles. The van der Waals surface area contributed by atoms with Crippen molar-refractivity contribution in [3.8, 4) is 11.1 Å². The lowest BCUT2D eigenvalue weighted by molar-refractivity contribution is -0.137. The van der Waals surface area contributed by atoms with Gasteiger partial charge in [0.05, 0.1) is 17.1 Å². The van der Waals surface area contributed by atoms with E-state index in [4.69, 9.17) is 16.7 Å². The molecule has 0 aliphatic heterocycles. The van der Waals surface area contributed by atoms with Crippen LogP contribution in [0.2, 0.25) is 5.02 Å². The number of halogens is 1. The van der Waals surface area contributed by atoms with E-state index in [2.05, 4.69) is 9.82 Å². The van der Waals surface area contributed by atoms with Crippen molar-refractivity contribution in [2.75, 3.05) is 0 Å². The van der Waals surface area contributed by atoms with E-state index in [0.29, 0.717) is 17.9 Å². The van der Waals surface area contributed by atoms with Crippen molar-refractivity contribution >= 4 is 27.6 Å². The molecule has 0 saturated carbocycles. The van der Waals surface area contributed by atoms with E-state index in [1.807, 2.05) is 12.1 Å². The quantitative estimate of drug-likeness (QED) is 0.603. The van der Waals surface area contributed by atoms with Crippen LogP contribution in [0.1, 0.15) is 30.1 Å². The van der Waals surface area contributed by atoms with E-state index in [0.717, 1.165) is 28.8 Å². The molecule has 9 heteroatoms. The summed E-state index contributed by atoms with van der Waals surface area (Å²) < 4.78 is 30.1. The van der Waals surface area contributed by atoms with Crippen LogP contribution in [0.3, 0.4) is 0 Å². The molecule has 4 rings (SSSR count). The Kier molecular flexibility index (Phi) is 5.64. The molecular formula is C21H20ClN3O4S. The molecule has 30 heavy (non-hydrogen) atoms. The average molecular weight is 446 g/mol. The van der Waals surface area contributed by atoms with Crippen molar-refractivity contribution in [1.82, 2.24) is 14.5 Å². The number of fused-ring (bicyclic) bond motifs is 1. The van der Waals surface area contributed by atoms with Crippen molar-refractivity contribution < 1.29 is 18.3 Å². The van der Waals surface area contributed by atoms with Gasteiger partial charge in [0.15, 0.2) is 0 Å². The molecule has 1 aliphatic rings. The highest BCUT2D eigenvalue weighted by Crippen LogP contribution is 2.31. The van der Waals surface area contributed by atoms with Crippen molar-refractivity contribution in [2.24, 2.45) is 0 Å². The molecule has 1 unspecified atom stereocenters. The van der Waals surface area contributed by atoms with Crippen LogP contribution in [0.5, 0.6) is 0 Å². The second-order valence-corrected chi connectivity index (χ2v) is 9.35. The SMILES string of the molecule is O=C(O)Cn1ncc2c1CCCC2NS(=O)(=O)c1ccc(-c2ccc(Cl)cc2)cc1. The van der Waals surface area contributed by atoms with Crippen LogP contribution in [-0.2, 0) is 27.8 Å². The molecule has 0 saturated heterocycles. The highest BCUT2D eigenvalue weighted by atomic mass is 35.5. The lowest BCUT2D eigenvalue weighted by Crippen LogP contribution is -2.31. The Hall–Kier alpha value is -2.68. The van der Waals surface area contributed by atoms with Gasteiger partial charge in [0.25, 0.3) is 0 Å². The number of carboxylic acids is 1. The zero-order valence-corrected chi connectivity index (χ0v) is 17.5. The normalized spacial score (nSPS) is 16.2. The smallest absolute Gasteiger partial charge is 0.325 e. The summed E-state index contributed by atoms with van der Waals surface area (Å²) in [5.41, 5.74) is 3.35. The molecule has 0 radical (unpaired) electrons. The van der Waals surface area contributed by atoms with Crippen molar-refractivity contribution in [1.29, 1.82) is 0 Å². The number of hydrogen-bond acceptors (Lipinski definition) is 4. The number of carbonyl (C=O) groups is 1. The molecule has 0 bridgehead atoms. The molecule has 1 aliphatic carbocycles. The predicted octanol–water partition coefficient (Wildman–Crippen LogP) is 3.64. The van der Waals surface area contributed by atoms with Crippen molar-refractivity contribution in [2.45, 2.75) is 36.7 Å². The van der Waals surface area contributed by atoms with E-state index < -0.39 is 22.0 Å². The molecule has 0 spiro atoms. The molecule has 1 heterocycles. The summed E-state index contributed by atoms with van der Waals surface area (Å²) in [6.07, 6.45) is 3.62. The van der Waals surface area contributed by atoms with Gasteiger partial charge in [-0.25, -0.2) is 13.1 Å². The maximum absolute atomic E-state index is 12.9. The number of hydrogen-bond donors (Lipinski definition) is 2. The van der Waals surface area contributed by atoms with Gasteiger partial charge in [-0.15, -0.1) is 0 Å². The lowest BCUT2D eigenvalue weighted by Gasteiger charge is -2.24. The van der Waals surface area contributed by atoms with Gasteiger partial charge in [-0.3, -0.25) is 9.48 Å². The second kappa shape index (κ2) is 8.22. The third-order valence-electron chi connectivity index (χ3n) is 5.19. The van der Waals surface area contributed by atoms with E-state index in [1.165, 1.54) is 4.68 Å². The Balaban J connectivity index is 1.55. The molecule has 1 aromatic heterocycles. The summed E-state index contributed by atoms with van der Waals surface area (Å²) >= 11 is 5.92. The number of sulfonamides is 1. The largest absolute Gasteiger partial charge is 0.480 e. The van der Waals surface area contributed by atoms with Gasteiger partial charge in [0.1, 0.15) is 6.54 Å². The summed E-state index contributed by atoms with van der Waals surface area (Å²) in [7, 11) is -3.75. The van der Waals surface area contributed by atoms with Gasteiger partial charge in [-0.05, 0) is 54.7 Å². The van der Waals surface area contributed by atoms with Gasteiger partial charge in [-0.2, -0.15) is 5.10 Å². The summed E-state index contributed by atoms with van der Waals surface area (Å²) in [4.78, 5) is 11.2. The van der Waals surface area contributed by atoms with Gasteiger partial charge in [0, 0.05) is 16.3 Å². The molecule has 0 amide bonds. The molecular weight excluding hydrogens is 426 g/mol.